The molecule has 5 nitrogen and oxygen atoms in total. The van der Waals surface area contributed by atoms with Gasteiger partial charge in [-0.1, -0.05) is 47.8 Å². The Hall–Kier alpha value is -1.94. The highest BCUT2D eigenvalue weighted by atomic mass is 79.9. The average Bonchev–Trinajstić information content (AvgIpc) is 2.73. The Labute approximate surface area is 211 Å². The van der Waals surface area contributed by atoms with Crippen molar-refractivity contribution in [3.05, 3.63) is 69.6 Å². The number of amides is 1. The van der Waals surface area contributed by atoms with E-state index in [0.29, 0.717) is 16.3 Å². The molecule has 3 aromatic carbocycles. The van der Waals surface area contributed by atoms with E-state index in [4.69, 9.17) is 9.47 Å². The smallest absolute Gasteiger partial charge is 0.308 e. The van der Waals surface area contributed by atoms with Gasteiger partial charge < -0.3 is 14.8 Å². The molecular weight excluding hydrogens is 578 g/mol. The largest absolute Gasteiger partial charge is 0.479 e. The average molecular weight is 597 g/mol. The maximum Gasteiger partial charge on any atom is 0.308 e. The van der Waals surface area contributed by atoms with Gasteiger partial charge in [0.2, 0.25) is 5.91 Å². The van der Waals surface area contributed by atoms with Crippen LogP contribution in [0.15, 0.2) is 84.3 Å². The number of rotatable bonds is 8. The molecule has 0 atom stereocenters. The molecule has 0 bridgehead atoms. The van der Waals surface area contributed by atoms with E-state index in [-0.39, 0.29) is 17.6 Å². The molecular formula is C23H19Br2NO4S2. The van der Waals surface area contributed by atoms with Crippen molar-refractivity contribution in [2.45, 2.75) is 28.5 Å². The van der Waals surface area contributed by atoms with E-state index in [1.165, 1.54) is 37.4 Å². The van der Waals surface area contributed by atoms with Crippen LogP contribution in [0, 0.1) is 0 Å². The topological polar surface area (TPSA) is 64.6 Å². The number of thioether (sulfide) groups is 1. The quantitative estimate of drug-likeness (QED) is 0.127. The van der Waals surface area contributed by atoms with Gasteiger partial charge in [0, 0.05) is 49.6 Å². The predicted octanol–water partition coefficient (Wildman–Crippen LogP) is 7.38. The zero-order chi connectivity index (χ0) is 23.1. The molecule has 0 heterocycles. The second-order valence-corrected chi connectivity index (χ2v) is 10.2. The molecule has 32 heavy (non-hydrogen) atoms. The molecule has 1 amide bonds. The number of nitrogens with one attached hydrogen (secondary N) is 1. The number of hydrogen-bond acceptors (Lipinski definition) is 6. The molecule has 0 aliphatic carbocycles. The van der Waals surface area contributed by atoms with Crippen LogP contribution in [0.25, 0.3) is 0 Å². The van der Waals surface area contributed by atoms with E-state index < -0.39 is 5.97 Å². The highest BCUT2D eigenvalue weighted by molar-refractivity contribution is 9.10. The fourth-order valence-corrected chi connectivity index (χ4v) is 5.41. The normalized spacial score (nSPS) is 10.5. The molecule has 0 fully saturated rings. The second-order valence-electron chi connectivity index (χ2n) is 6.44. The Morgan fingerprint density at radius 3 is 2.09 bits per heavy atom. The molecule has 9 heteroatoms. The van der Waals surface area contributed by atoms with Gasteiger partial charge in [-0.2, -0.15) is 0 Å². The van der Waals surface area contributed by atoms with Gasteiger partial charge in [-0.05, 0) is 56.1 Å². The number of esters is 1. The summed E-state index contributed by atoms with van der Waals surface area (Å²) in [5, 5.41) is 2.84. The molecule has 0 saturated carbocycles. The summed E-state index contributed by atoms with van der Waals surface area (Å²) < 4.78 is 13.2. The Balaban J connectivity index is 1.92. The summed E-state index contributed by atoms with van der Waals surface area (Å²) in [6.45, 7) is 2.78. The van der Waals surface area contributed by atoms with Crippen LogP contribution < -0.4 is 14.8 Å². The van der Waals surface area contributed by atoms with E-state index in [9.17, 15) is 9.59 Å². The van der Waals surface area contributed by atoms with E-state index in [1.54, 1.807) is 12.1 Å². The SMILES string of the molecule is CC(=O)Nc1cc(OCSc2ccccc2Br)c(OC(C)=O)cc1Sc1ccccc1Br. The lowest BCUT2D eigenvalue weighted by molar-refractivity contribution is -0.132. The van der Waals surface area contributed by atoms with Gasteiger partial charge in [0.15, 0.2) is 11.5 Å². The Morgan fingerprint density at radius 1 is 0.875 bits per heavy atom. The van der Waals surface area contributed by atoms with Crippen LogP contribution in [0.3, 0.4) is 0 Å². The van der Waals surface area contributed by atoms with Crippen LogP contribution in [0.5, 0.6) is 11.5 Å². The van der Waals surface area contributed by atoms with Crippen molar-refractivity contribution in [2.75, 3.05) is 11.3 Å². The Bertz CT molecular complexity index is 1140. The molecule has 3 rings (SSSR count). The second kappa shape index (κ2) is 11.8. The minimum atomic E-state index is -0.461. The van der Waals surface area contributed by atoms with Crippen LogP contribution in [0.2, 0.25) is 0 Å². The van der Waals surface area contributed by atoms with Crippen molar-refractivity contribution < 1.29 is 19.1 Å². The van der Waals surface area contributed by atoms with Crippen molar-refractivity contribution in [1.82, 2.24) is 0 Å². The fraction of sp³-hybridized carbons (Fsp3) is 0.130. The van der Waals surface area contributed by atoms with Gasteiger partial charge in [0.05, 0.1) is 5.69 Å². The first-order chi connectivity index (χ1) is 15.3. The van der Waals surface area contributed by atoms with Crippen molar-refractivity contribution in [1.29, 1.82) is 0 Å². The van der Waals surface area contributed by atoms with Gasteiger partial charge >= 0.3 is 5.97 Å². The van der Waals surface area contributed by atoms with Crippen molar-refractivity contribution in [3.63, 3.8) is 0 Å². The Kier molecular flexibility index (Phi) is 9.10. The maximum absolute atomic E-state index is 11.8. The minimum Gasteiger partial charge on any atom is -0.479 e. The molecule has 0 saturated heterocycles. The summed E-state index contributed by atoms with van der Waals surface area (Å²) in [5.41, 5.74) is 0.565. The molecule has 0 radical (unpaired) electrons. The number of hydrogen-bond donors (Lipinski definition) is 1. The molecule has 0 aliphatic heterocycles. The molecule has 0 spiro atoms. The zero-order valence-corrected chi connectivity index (χ0v) is 22.0. The third-order valence-corrected chi connectivity index (χ3v) is 7.88. The zero-order valence-electron chi connectivity index (χ0n) is 17.2. The van der Waals surface area contributed by atoms with Gasteiger partial charge in [0.1, 0.15) is 5.94 Å². The third-order valence-electron chi connectivity index (χ3n) is 3.93. The third kappa shape index (κ3) is 7.03. The molecule has 0 aliphatic rings. The fourth-order valence-electron chi connectivity index (χ4n) is 2.62. The standard InChI is InChI=1S/C23H19Br2NO4S2/c1-14(27)26-18-11-19(29-13-31-21-9-5-3-7-16(21)24)20(30-15(2)28)12-23(18)32-22-10-6-4-8-17(22)25/h3-12H,13H2,1-2H3,(H,26,27). The summed E-state index contributed by atoms with van der Waals surface area (Å²) in [6, 6.07) is 18.9. The van der Waals surface area contributed by atoms with Gasteiger partial charge in [0.25, 0.3) is 0 Å². The first-order valence-corrected chi connectivity index (χ1v) is 12.8. The predicted molar refractivity (Wildman–Crippen MR) is 136 cm³/mol. The molecule has 0 aromatic heterocycles. The number of carbonyl (C=O) groups excluding carboxylic acids is 2. The molecule has 0 unspecified atom stereocenters. The lowest BCUT2D eigenvalue weighted by atomic mass is 10.2. The van der Waals surface area contributed by atoms with Gasteiger partial charge in [-0.25, -0.2) is 0 Å². The summed E-state index contributed by atoms with van der Waals surface area (Å²) in [5.74, 6) is 0.256. The number of halogens is 2. The molecule has 3 aromatic rings. The Morgan fingerprint density at radius 2 is 1.50 bits per heavy atom. The summed E-state index contributed by atoms with van der Waals surface area (Å²) in [4.78, 5) is 26.2. The lowest BCUT2D eigenvalue weighted by Gasteiger charge is -2.17. The number of anilines is 1. The lowest BCUT2D eigenvalue weighted by Crippen LogP contribution is -2.09. The minimum absolute atomic E-state index is 0.215. The maximum atomic E-state index is 11.8. The monoisotopic (exact) mass is 595 g/mol. The summed E-state index contributed by atoms with van der Waals surface area (Å²) in [6.07, 6.45) is 0. The summed E-state index contributed by atoms with van der Waals surface area (Å²) in [7, 11) is 0. The van der Waals surface area contributed by atoms with E-state index in [2.05, 4.69) is 37.2 Å². The molecule has 1 N–H and O–H groups in total. The van der Waals surface area contributed by atoms with Crippen LogP contribution in [0.1, 0.15) is 13.8 Å². The van der Waals surface area contributed by atoms with Crippen molar-refractivity contribution >= 4 is 72.9 Å². The van der Waals surface area contributed by atoms with Gasteiger partial charge in [-0.15, -0.1) is 0 Å². The first-order valence-electron chi connectivity index (χ1n) is 9.40. The number of benzene rings is 3. The van der Waals surface area contributed by atoms with Crippen molar-refractivity contribution in [3.8, 4) is 11.5 Å². The first kappa shape index (κ1) is 24.7. The van der Waals surface area contributed by atoms with Gasteiger partial charge in [-0.3, -0.25) is 9.59 Å². The van der Waals surface area contributed by atoms with Crippen LogP contribution in [-0.2, 0) is 9.59 Å². The van der Waals surface area contributed by atoms with E-state index in [1.807, 2.05) is 48.5 Å². The van der Waals surface area contributed by atoms with E-state index >= 15 is 0 Å². The van der Waals surface area contributed by atoms with Crippen LogP contribution in [-0.4, -0.2) is 17.8 Å². The molecule has 166 valence electrons. The van der Waals surface area contributed by atoms with E-state index in [0.717, 1.165) is 18.7 Å². The summed E-state index contributed by atoms with van der Waals surface area (Å²) >= 11 is 9.98. The highest BCUT2D eigenvalue weighted by Crippen LogP contribution is 2.43. The van der Waals surface area contributed by atoms with Crippen LogP contribution in [0.4, 0.5) is 5.69 Å². The van der Waals surface area contributed by atoms with Crippen LogP contribution >= 0.6 is 55.4 Å². The van der Waals surface area contributed by atoms with Crippen molar-refractivity contribution in [2.24, 2.45) is 0 Å². The highest BCUT2D eigenvalue weighted by Gasteiger charge is 2.17. The number of carbonyl (C=O) groups is 2. The number of ether oxygens (including phenoxy) is 2.